The first-order valence-corrected chi connectivity index (χ1v) is 4.75. The molecule has 0 radical (unpaired) electrons. The summed E-state index contributed by atoms with van der Waals surface area (Å²) in [6, 6.07) is 0. The van der Waals surface area contributed by atoms with E-state index in [9.17, 15) is 9.90 Å². The Morgan fingerprint density at radius 1 is 1.38 bits per heavy atom. The molecule has 1 unspecified atom stereocenters. The molecule has 0 fully saturated rings. The van der Waals surface area contributed by atoms with E-state index in [2.05, 4.69) is 10.9 Å². The first kappa shape index (κ1) is 12.2. The maximum absolute atomic E-state index is 11.0. The summed E-state index contributed by atoms with van der Waals surface area (Å²) in [4.78, 5) is 15.1. The Morgan fingerprint density at radius 2 is 1.94 bits per heavy atom. The van der Waals surface area contributed by atoms with Crippen molar-refractivity contribution >= 4 is 5.97 Å². The van der Waals surface area contributed by atoms with Crippen molar-refractivity contribution in [3.05, 3.63) is 28.1 Å². The van der Waals surface area contributed by atoms with Crippen molar-refractivity contribution in [3.8, 4) is 12.3 Å². The number of pyridine rings is 1. The highest BCUT2D eigenvalue weighted by Crippen LogP contribution is 2.24. The van der Waals surface area contributed by atoms with Crippen molar-refractivity contribution in [2.24, 2.45) is 0 Å². The summed E-state index contributed by atoms with van der Waals surface area (Å²) in [6.45, 7) is 4.94. The van der Waals surface area contributed by atoms with Gasteiger partial charge in [-0.15, -0.1) is 6.42 Å². The van der Waals surface area contributed by atoms with Crippen molar-refractivity contribution in [3.63, 3.8) is 0 Å². The van der Waals surface area contributed by atoms with Crippen LogP contribution in [0, 0.1) is 33.1 Å². The third-order valence-electron chi connectivity index (χ3n) is 2.51. The fourth-order valence-corrected chi connectivity index (χ4v) is 1.85. The second-order valence-electron chi connectivity index (χ2n) is 3.57. The smallest absolute Gasteiger partial charge is 0.337 e. The van der Waals surface area contributed by atoms with E-state index in [1.165, 1.54) is 0 Å². The molecule has 1 aromatic heterocycles. The predicted octanol–water partition coefficient (Wildman–Crippen LogP) is 1.37. The van der Waals surface area contributed by atoms with Crippen molar-refractivity contribution in [2.75, 3.05) is 0 Å². The van der Waals surface area contributed by atoms with Crippen molar-refractivity contribution in [1.29, 1.82) is 0 Å². The molecular weight excluding hydrogens is 206 g/mol. The largest absolute Gasteiger partial charge is 0.478 e. The fourth-order valence-electron chi connectivity index (χ4n) is 1.85. The van der Waals surface area contributed by atoms with Crippen molar-refractivity contribution < 1.29 is 15.0 Å². The molecule has 1 rings (SSSR count). The van der Waals surface area contributed by atoms with E-state index >= 15 is 0 Å². The molecule has 0 bridgehead atoms. The summed E-state index contributed by atoms with van der Waals surface area (Å²) in [5.41, 5.74) is 1.98. The van der Waals surface area contributed by atoms with Gasteiger partial charge in [0.15, 0.2) is 0 Å². The number of aromatic carboxylic acids is 1. The van der Waals surface area contributed by atoms with Crippen molar-refractivity contribution in [2.45, 2.75) is 26.9 Å². The third-order valence-corrected chi connectivity index (χ3v) is 2.51. The van der Waals surface area contributed by atoms with Crippen LogP contribution in [0.3, 0.4) is 0 Å². The van der Waals surface area contributed by atoms with Crippen molar-refractivity contribution in [1.82, 2.24) is 4.98 Å². The number of aryl methyl sites for hydroxylation is 2. The van der Waals surface area contributed by atoms with Crippen LogP contribution in [0.15, 0.2) is 0 Å². The lowest BCUT2D eigenvalue weighted by Crippen LogP contribution is -2.12. The van der Waals surface area contributed by atoms with Gasteiger partial charge >= 0.3 is 5.97 Å². The molecule has 0 spiro atoms. The Labute approximate surface area is 94.0 Å². The van der Waals surface area contributed by atoms with E-state index in [4.69, 9.17) is 11.5 Å². The molecule has 4 nitrogen and oxygen atoms in total. The van der Waals surface area contributed by atoms with Gasteiger partial charge in [0.1, 0.15) is 6.10 Å². The zero-order valence-corrected chi connectivity index (χ0v) is 9.40. The summed E-state index contributed by atoms with van der Waals surface area (Å²) in [7, 11) is 0. The van der Waals surface area contributed by atoms with Gasteiger partial charge in [-0.2, -0.15) is 0 Å². The van der Waals surface area contributed by atoms with Crippen LogP contribution in [-0.4, -0.2) is 21.2 Å². The van der Waals surface area contributed by atoms with E-state index < -0.39 is 12.1 Å². The first-order valence-electron chi connectivity index (χ1n) is 4.75. The lowest BCUT2D eigenvalue weighted by Gasteiger charge is -2.15. The Balaban J connectivity index is 3.59. The Bertz CT molecular complexity index is 486. The van der Waals surface area contributed by atoms with Crippen LogP contribution < -0.4 is 0 Å². The number of hydrogen-bond donors (Lipinski definition) is 2. The van der Waals surface area contributed by atoms with Crippen LogP contribution in [0.4, 0.5) is 0 Å². The first-order chi connectivity index (χ1) is 7.40. The molecule has 0 saturated carbocycles. The van der Waals surface area contributed by atoms with E-state index in [-0.39, 0.29) is 5.56 Å². The van der Waals surface area contributed by atoms with Gasteiger partial charge in [0, 0.05) is 11.3 Å². The highest BCUT2D eigenvalue weighted by molar-refractivity contribution is 5.91. The Kier molecular flexibility index (Phi) is 3.31. The van der Waals surface area contributed by atoms with Gasteiger partial charge in [-0.05, 0) is 26.3 Å². The number of aliphatic hydroxyl groups excluding tert-OH is 1. The summed E-state index contributed by atoms with van der Waals surface area (Å²) >= 11 is 0. The zero-order chi connectivity index (χ0) is 12.5. The topological polar surface area (TPSA) is 70.4 Å². The number of hydrogen-bond acceptors (Lipinski definition) is 3. The van der Waals surface area contributed by atoms with Gasteiger partial charge in [-0.1, -0.05) is 5.92 Å². The van der Waals surface area contributed by atoms with Gasteiger partial charge in [-0.3, -0.25) is 4.98 Å². The molecule has 2 N–H and O–H groups in total. The van der Waals surface area contributed by atoms with Crippen LogP contribution in [0.1, 0.15) is 39.0 Å². The van der Waals surface area contributed by atoms with Gasteiger partial charge < -0.3 is 10.2 Å². The third kappa shape index (κ3) is 1.90. The van der Waals surface area contributed by atoms with Gasteiger partial charge in [0.05, 0.1) is 11.3 Å². The average Bonchev–Trinajstić information content (AvgIpc) is 2.15. The average molecular weight is 219 g/mol. The number of aliphatic hydroxyl groups is 1. The molecule has 1 aromatic rings. The Morgan fingerprint density at radius 3 is 2.38 bits per heavy atom. The SMILES string of the molecule is C#CC(O)c1c(C)nc(C)c(C(=O)O)c1C. The fraction of sp³-hybridized carbons (Fsp3) is 0.333. The van der Waals surface area contributed by atoms with Crippen LogP contribution >= 0.6 is 0 Å². The number of rotatable bonds is 2. The number of carbonyl (C=O) groups is 1. The molecule has 0 aromatic carbocycles. The van der Waals surface area contributed by atoms with Gasteiger partial charge in [-0.25, -0.2) is 4.79 Å². The molecule has 1 atom stereocenters. The molecule has 0 aliphatic rings. The molecule has 16 heavy (non-hydrogen) atoms. The van der Waals surface area contributed by atoms with Gasteiger partial charge in [0.2, 0.25) is 0 Å². The Hall–Kier alpha value is -1.86. The molecule has 4 heteroatoms. The number of aromatic nitrogens is 1. The monoisotopic (exact) mass is 219 g/mol. The minimum atomic E-state index is -1.12. The van der Waals surface area contributed by atoms with Crippen LogP contribution in [0.5, 0.6) is 0 Å². The summed E-state index contributed by atoms with van der Waals surface area (Å²) < 4.78 is 0. The van der Waals surface area contributed by atoms with E-state index in [1.54, 1.807) is 20.8 Å². The normalized spacial score (nSPS) is 11.9. The molecule has 0 amide bonds. The number of terminal acetylenes is 1. The maximum Gasteiger partial charge on any atom is 0.337 e. The second kappa shape index (κ2) is 4.33. The van der Waals surface area contributed by atoms with Crippen LogP contribution in [0.2, 0.25) is 0 Å². The number of carboxylic acids is 1. The van der Waals surface area contributed by atoms with E-state index in [0.29, 0.717) is 22.5 Å². The van der Waals surface area contributed by atoms with Crippen LogP contribution in [-0.2, 0) is 0 Å². The highest BCUT2D eigenvalue weighted by Gasteiger charge is 2.20. The molecule has 84 valence electrons. The van der Waals surface area contributed by atoms with Crippen LogP contribution in [0.25, 0.3) is 0 Å². The van der Waals surface area contributed by atoms with E-state index in [0.717, 1.165) is 0 Å². The number of carboxylic acid groups (broad SMARTS) is 1. The maximum atomic E-state index is 11.0. The predicted molar refractivity (Wildman–Crippen MR) is 59.2 cm³/mol. The molecule has 0 saturated heterocycles. The second-order valence-corrected chi connectivity index (χ2v) is 3.57. The quantitative estimate of drug-likeness (QED) is 0.737. The minimum absolute atomic E-state index is 0.106. The molecule has 0 aliphatic carbocycles. The summed E-state index contributed by atoms with van der Waals surface area (Å²) in [5.74, 6) is 1.11. The molecule has 1 heterocycles. The standard InChI is InChI=1S/C12H13NO3/c1-5-9(14)10-6(2)11(12(15)16)8(4)13-7(10)3/h1,9,14H,2-4H3,(H,15,16). The molecule has 0 aliphatic heterocycles. The zero-order valence-electron chi connectivity index (χ0n) is 9.40. The minimum Gasteiger partial charge on any atom is -0.478 e. The van der Waals surface area contributed by atoms with Gasteiger partial charge in [0.25, 0.3) is 0 Å². The lowest BCUT2D eigenvalue weighted by molar-refractivity contribution is 0.0694. The lowest BCUT2D eigenvalue weighted by atomic mass is 9.96. The molecular formula is C12H13NO3. The summed E-state index contributed by atoms with van der Waals surface area (Å²) in [5, 5.41) is 18.7. The summed E-state index contributed by atoms with van der Waals surface area (Å²) in [6.07, 6.45) is 4.01. The number of nitrogens with zero attached hydrogens (tertiary/aromatic N) is 1. The highest BCUT2D eigenvalue weighted by atomic mass is 16.4. The van der Waals surface area contributed by atoms with E-state index in [1.807, 2.05) is 0 Å².